The van der Waals surface area contributed by atoms with Gasteiger partial charge in [-0.2, -0.15) is 0 Å². The summed E-state index contributed by atoms with van der Waals surface area (Å²) < 4.78 is 17.1. The molecular weight excluding hydrogens is 183 g/mol. The van der Waals surface area contributed by atoms with Crippen LogP contribution in [0.3, 0.4) is 0 Å². The molecule has 0 unspecified atom stereocenters. The summed E-state index contributed by atoms with van der Waals surface area (Å²) in [5.74, 6) is 1.10. The van der Waals surface area contributed by atoms with E-state index in [1.165, 1.54) is 19.2 Å². The highest BCUT2D eigenvalue weighted by molar-refractivity contribution is 5.32. The number of halogens is 1. The maximum Gasteiger partial charge on any atom is 0.219 e. The number of aromatic nitrogens is 2. The molecule has 0 aromatic carbocycles. The molecular formula is C10H13FN2O. The van der Waals surface area contributed by atoms with Crippen LogP contribution in [-0.2, 0) is 0 Å². The van der Waals surface area contributed by atoms with Crippen molar-refractivity contribution in [2.24, 2.45) is 0 Å². The molecule has 1 aromatic heterocycles. The van der Waals surface area contributed by atoms with E-state index in [1.54, 1.807) is 0 Å². The van der Waals surface area contributed by atoms with Crippen LogP contribution in [0.15, 0.2) is 6.33 Å². The van der Waals surface area contributed by atoms with E-state index in [0.29, 0.717) is 11.8 Å². The molecule has 3 nitrogen and oxygen atoms in total. The van der Waals surface area contributed by atoms with Crippen LogP contribution in [0.1, 0.15) is 30.0 Å². The van der Waals surface area contributed by atoms with E-state index in [9.17, 15) is 4.39 Å². The highest BCUT2D eigenvalue weighted by atomic mass is 19.1. The van der Waals surface area contributed by atoms with E-state index in [2.05, 4.69) is 9.97 Å². The van der Waals surface area contributed by atoms with E-state index < -0.39 is 6.67 Å². The molecule has 0 amide bonds. The monoisotopic (exact) mass is 196 g/mol. The number of rotatable bonds is 4. The minimum absolute atomic E-state index is 0.0714. The second-order valence-corrected chi connectivity index (χ2v) is 3.50. The number of alkyl halides is 1. The maximum atomic E-state index is 11.9. The van der Waals surface area contributed by atoms with Crippen molar-refractivity contribution >= 4 is 0 Å². The van der Waals surface area contributed by atoms with Crippen LogP contribution < -0.4 is 4.74 Å². The molecule has 0 aliphatic heterocycles. The van der Waals surface area contributed by atoms with Crippen molar-refractivity contribution in [2.75, 3.05) is 13.3 Å². The Morgan fingerprint density at radius 3 is 2.93 bits per heavy atom. The van der Waals surface area contributed by atoms with Gasteiger partial charge in [-0.1, -0.05) is 0 Å². The first kappa shape index (κ1) is 9.37. The summed E-state index contributed by atoms with van der Waals surface area (Å²) in [6.07, 6.45) is 3.88. The van der Waals surface area contributed by atoms with Gasteiger partial charge >= 0.3 is 0 Å². The first-order chi connectivity index (χ1) is 6.83. The second kappa shape index (κ2) is 3.90. The summed E-state index contributed by atoms with van der Waals surface area (Å²) in [4.78, 5) is 8.21. The van der Waals surface area contributed by atoms with Gasteiger partial charge in [0.2, 0.25) is 5.88 Å². The Balaban J connectivity index is 2.18. The zero-order valence-electron chi connectivity index (χ0n) is 8.16. The van der Waals surface area contributed by atoms with Crippen LogP contribution in [0, 0.1) is 6.92 Å². The first-order valence-electron chi connectivity index (χ1n) is 4.83. The average molecular weight is 196 g/mol. The Hall–Kier alpha value is -1.19. The molecule has 0 N–H and O–H groups in total. The van der Waals surface area contributed by atoms with Crippen molar-refractivity contribution in [3.63, 3.8) is 0 Å². The fourth-order valence-electron chi connectivity index (χ4n) is 1.50. The minimum Gasteiger partial charge on any atom is -0.475 e. The standard InChI is InChI=1S/C10H13FN2O/c1-7-9(8-2-3-8)12-6-13-10(7)14-5-4-11/h6,8H,2-5H2,1H3. The molecule has 4 heteroatoms. The molecule has 0 spiro atoms. The number of hydrogen-bond acceptors (Lipinski definition) is 3. The highest BCUT2D eigenvalue weighted by Gasteiger charge is 2.27. The molecule has 1 fully saturated rings. The Kier molecular flexibility index (Phi) is 2.61. The molecule has 1 saturated carbocycles. The summed E-state index contributed by atoms with van der Waals surface area (Å²) in [5.41, 5.74) is 2.03. The third-order valence-electron chi connectivity index (χ3n) is 2.36. The van der Waals surface area contributed by atoms with Gasteiger partial charge in [-0.05, 0) is 19.8 Å². The van der Waals surface area contributed by atoms with E-state index >= 15 is 0 Å². The molecule has 1 aliphatic rings. The lowest BCUT2D eigenvalue weighted by atomic mass is 10.2. The molecule has 1 heterocycles. The smallest absolute Gasteiger partial charge is 0.219 e. The Morgan fingerprint density at radius 1 is 1.50 bits per heavy atom. The third kappa shape index (κ3) is 1.84. The van der Waals surface area contributed by atoms with Crippen LogP contribution in [0.25, 0.3) is 0 Å². The maximum absolute atomic E-state index is 11.9. The van der Waals surface area contributed by atoms with Gasteiger partial charge in [-0.3, -0.25) is 0 Å². The first-order valence-corrected chi connectivity index (χ1v) is 4.83. The summed E-state index contributed by atoms with van der Waals surface area (Å²) >= 11 is 0. The molecule has 0 radical (unpaired) electrons. The summed E-state index contributed by atoms with van der Waals surface area (Å²) in [7, 11) is 0. The SMILES string of the molecule is Cc1c(OCCF)ncnc1C1CC1. The van der Waals surface area contributed by atoms with Crippen LogP contribution >= 0.6 is 0 Å². The molecule has 14 heavy (non-hydrogen) atoms. The van der Waals surface area contributed by atoms with Gasteiger partial charge in [0.05, 0.1) is 5.69 Å². The zero-order valence-corrected chi connectivity index (χ0v) is 8.16. The minimum atomic E-state index is -0.484. The predicted molar refractivity (Wildman–Crippen MR) is 50.2 cm³/mol. The topological polar surface area (TPSA) is 35.0 Å². The van der Waals surface area contributed by atoms with Gasteiger partial charge in [0.1, 0.15) is 19.6 Å². The lowest BCUT2D eigenvalue weighted by molar-refractivity contribution is 0.262. The summed E-state index contributed by atoms with van der Waals surface area (Å²) in [6.45, 7) is 1.52. The molecule has 0 bridgehead atoms. The van der Waals surface area contributed by atoms with Crippen LogP contribution in [0.4, 0.5) is 4.39 Å². The normalized spacial score (nSPS) is 15.6. The Labute approximate surface area is 82.3 Å². The van der Waals surface area contributed by atoms with Gasteiger partial charge in [0.15, 0.2) is 0 Å². The highest BCUT2D eigenvalue weighted by Crippen LogP contribution is 2.41. The molecule has 0 saturated heterocycles. The number of nitrogens with zero attached hydrogens (tertiary/aromatic N) is 2. The lowest BCUT2D eigenvalue weighted by Crippen LogP contribution is -2.04. The fourth-order valence-corrected chi connectivity index (χ4v) is 1.50. The van der Waals surface area contributed by atoms with Crippen molar-refractivity contribution in [3.05, 3.63) is 17.6 Å². The van der Waals surface area contributed by atoms with E-state index in [-0.39, 0.29) is 6.61 Å². The Morgan fingerprint density at radius 2 is 2.29 bits per heavy atom. The van der Waals surface area contributed by atoms with Gasteiger partial charge in [-0.15, -0.1) is 0 Å². The van der Waals surface area contributed by atoms with Crippen molar-refractivity contribution in [3.8, 4) is 5.88 Å². The van der Waals surface area contributed by atoms with E-state index in [4.69, 9.17) is 4.74 Å². The second-order valence-electron chi connectivity index (χ2n) is 3.50. The average Bonchev–Trinajstić information content (AvgIpc) is 3.00. The molecule has 1 aromatic rings. The van der Waals surface area contributed by atoms with Gasteiger partial charge in [0, 0.05) is 11.5 Å². The predicted octanol–water partition coefficient (Wildman–Crippen LogP) is 2.01. The summed E-state index contributed by atoms with van der Waals surface area (Å²) in [6, 6.07) is 0. The molecule has 1 aliphatic carbocycles. The van der Waals surface area contributed by atoms with Crippen molar-refractivity contribution < 1.29 is 9.13 Å². The van der Waals surface area contributed by atoms with Crippen molar-refractivity contribution in [2.45, 2.75) is 25.7 Å². The fraction of sp³-hybridized carbons (Fsp3) is 0.600. The van der Waals surface area contributed by atoms with Crippen molar-refractivity contribution in [1.29, 1.82) is 0 Å². The zero-order chi connectivity index (χ0) is 9.97. The summed E-state index contributed by atoms with van der Waals surface area (Å²) in [5, 5.41) is 0. The molecule has 2 rings (SSSR count). The molecule has 76 valence electrons. The van der Waals surface area contributed by atoms with Crippen molar-refractivity contribution in [1.82, 2.24) is 9.97 Å². The molecule has 0 atom stereocenters. The van der Waals surface area contributed by atoms with Crippen LogP contribution in [0.5, 0.6) is 5.88 Å². The largest absolute Gasteiger partial charge is 0.475 e. The third-order valence-corrected chi connectivity index (χ3v) is 2.36. The van der Waals surface area contributed by atoms with E-state index in [0.717, 1.165) is 11.3 Å². The lowest BCUT2D eigenvalue weighted by Gasteiger charge is -2.08. The van der Waals surface area contributed by atoms with Crippen LogP contribution in [0.2, 0.25) is 0 Å². The number of ether oxygens (including phenoxy) is 1. The van der Waals surface area contributed by atoms with Gasteiger partial charge in [0.25, 0.3) is 0 Å². The number of hydrogen-bond donors (Lipinski definition) is 0. The van der Waals surface area contributed by atoms with Gasteiger partial charge in [-0.25, -0.2) is 14.4 Å². The van der Waals surface area contributed by atoms with Crippen LogP contribution in [-0.4, -0.2) is 23.2 Å². The van der Waals surface area contributed by atoms with E-state index in [1.807, 2.05) is 6.92 Å². The van der Waals surface area contributed by atoms with Gasteiger partial charge < -0.3 is 4.74 Å². The Bertz CT molecular complexity index is 326. The quantitative estimate of drug-likeness (QED) is 0.738.